The highest BCUT2D eigenvalue weighted by Gasteiger charge is 2.47. The van der Waals surface area contributed by atoms with Crippen molar-refractivity contribution < 1.29 is 182 Å². The van der Waals surface area contributed by atoms with Gasteiger partial charge in [-0.05, 0) is 63.1 Å². The molecule has 41 heteroatoms. The SMILES string of the molecule is COCCOCCOCCOCCOCCOCCOCCOCCOCCOCCOCCOCCOCCOCCOCCOCCOCCOCCOCCOCCOCCOCCOCCOCCN(CCC(=O)C[C@H](C(=O)N[C@@H](C)C(=O)Cc1ccc(COC(=O)C(C)(C)C)c(CC[C@@H]2O[C@H](C(=O)O)[C@@H](O)[C@H](O)[C@H]2O)c1)C(C)C)C(=O)CN1C(=O)C=CC1=O. The number of hydrogen-bond donors (Lipinski definition) is 5. The number of benzene rings is 1. The maximum absolute atomic E-state index is 13.8. The van der Waals surface area contributed by atoms with Gasteiger partial charge in [-0.2, -0.15) is 0 Å². The van der Waals surface area contributed by atoms with Gasteiger partial charge in [0, 0.05) is 57.5 Å². The van der Waals surface area contributed by atoms with Crippen LogP contribution in [0.1, 0.15) is 77.5 Å². The molecule has 4 amide bonds. The van der Waals surface area contributed by atoms with Crippen LogP contribution in [-0.4, -0.2) is 451 Å². The number of ketones is 2. The lowest BCUT2D eigenvalue weighted by atomic mass is 9.88. The second kappa shape index (κ2) is 78.5. The average Bonchev–Trinajstić information content (AvgIpc) is 1.28. The molecular weight excluding hydrogens is 1710 g/mol. The number of carbonyl (C=O) groups excluding carboxylic acids is 7. The number of amides is 4. The van der Waals surface area contributed by atoms with Crippen molar-refractivity contribution in [3.8, 4) is 0 Å². The Labute approximate surface area is 759 Å². The van der Waals surface area contributed by atoms with Crippen LogP contribution >= 0.6 is 0 Å². The maximum atomic E-state index is 13.8. The third-order valence-electron chi connectivity index (χ3n) is 19.0. The molecule has 2 aliphatic rings. The summed E-state index contributed by atoms with van der Waals surface area (Å²) in [6, 6.07) is 3.99. The van der Waals surface area contributed by atoms with E-state index in [1.54, 1.807) is 59.9 Å². The predicted octanol–water partition coefficient (Wildman–Crippen LogP) is 0.663. The highest BCUT2D eigenvalue weighted by molar-refractivity contribution is 6.14. The number of nitrogens with one attached hydrogen (secondary N) is 1. The van der Waals surface area contributed by atoms with Crippen LogP contribution in [-0.2, 0) is 181 Å². The molecule has 746 valence electrons. The first-order valence-electron chi connectivity index (χ1n) is 44.7. The molecule has 0 radical (unpaired) electrons. The quantitative estimate of drug-likeness (QED) is 0.0340. The summed E-state index contributed by atoms with van der Waals surface area (Å²) >= 11 is 0. The Morgan fingerprint density at radius 2 is 0.767 bits per heavy atom. The van der Waals surface area contributed by atoms with E-state index in [0.29, 0.717) is 301 Å². The summed E-state index contributed by atoms with van der Waals surface area (Å²) in [5.41, 5.74) is 0.799. The van der Waals surface area contributed by atoms with Gasteiger partial charge in [-0.3, -0.25) is 38.5 Å². The molecule has 5 N–H and O–H groups in total. The number of ether oxygens (including phenoxy) is 26. The smallest absolute Gasteiger partial charge is 0.335 e. The zero-order valence-electron chi connectivity index (χ0n) is 77.2. The Hall–Kier alpha value is -5.80. The molecular formula is C88H151N3O38. The highest BCUT2D eigenvalue weighted by atomic mass is 16.6. The molecule has 7 atom stereocenters. The van der Waals surface area contributed by atoms with Crippen molar-refractivity contribution in [1.29, 1.82) is 0 Å². The van der Waals surface area contributed by atoms with Crippen LogP contribution in [0.15, 0.2) is 30.4 Å². The van der Waals surface area contributed by atoms with Crippen molar-refractivity contribution >= 4 is 47.1 Å². The molecule has 41 nitrogen and oxygen atoms in total. The standard InChI is InChI=1S/C88H151N3O38/c1-69(2)75(85(100)89-70(3)76(93)65-71-8-9-73(68-128-87(103)88(4,5)6)72(64-71)10-11-77-81(97)82(98)83(99)84(129-77)86(101)102)66-74(92)14-15-90(80(96)67-91-78(94)12-13-79(91)95)16-17-105-20-21-107-24-25-109-28-29-111-32-33-113-36-37-115-40-41-117-44-45-119-48-49-121-52-53-123-56-57-125-60-61-127-63-62-126-59-58-124-55-54-122-51-50-120-47-46-118-43-42-116-39-38-114-35-34-112-31-30-110-27-26-108-23-22-106-19-18-104-7/h8-9,12-13,64,69-70,75,77,81-84,97-99H,10-11,14-63,65-68H2,1-7H3,(H,89,100)(H,101,102)/t70-,75-,77-,81-,82+,83-,84-/m0/s1. The van der Waals surface area contributed by atoms with Gasteiger partial charge in [-0.1, -0.05) is 32.0 Å². The van der Waals surface area contributed by atoms with E-state index < -0.39 is 90.0 Å². The van der Waals surface area contributed by atoms with Crippen molar-refractivity contribution in [2.75, 3.05) is 337 Å². The molecule has 0 unspecified atom stereocenters. The zero-order chi connectivity index (χ0) is 93.8. The number of rotatable bonds is 91. The number of hydrogen-bond acceptors (Lipinski definition) is 37. The summed E-state index contributed by atoms with van der Waals surface area (Å²) in [6.07, 6.45) is -6.67. The first-order chi connectivity index (χ1) is 62.5. The van der Waals surface area contributed by atoms with Crippen LogP contribution in [0.3, 0.4) is 0 Å². The number of aliphatic hydroxyl groups excluding tert-OH is 3. The van der Waals surface area contributed by atoms with E-state index in [2.05, 4.69) is 5.32 Å². The van der Waals surface area contributed by atoms with Crippen molar-refractivity contribution in [3.63, 3.8) is 0 Å². The van der Waals surface area contributed by atoms with Crippen molar-refractivity contribution in [3.05, 3.63) is 47.0 Å². The number of imide groups is 1. The largest absolute Gasteiger partial charge is 0.479 e. The molecule has 2 aliphatic heterocycles. The Morgan fingerprint density at radius 3 is 1.08 bits per heavy atom. The molecule has 0 saturated carbocycles. The van der Waals surface area contributed by atoms with Gasteiger partial charge in [0.1, 0.15) is 37.2 Å². The number of methoxy groups -OCH3 is 1. The van der Waals surface area contributed by atoms with E-state index in [4.69, 9.17) is 123 Å². The summed E-state index contributed by atoms with van der Waals surface area (Å²) in [5, 5.41) is 43.6. The Bertz CT molecular complexity index is 3050. The monoisotopic (exact) mass is 1860 g/mol. The molecule has 3 rings (SSSR count). The Balaban J connectivity index is 1.06. The van der Waals surface area contributed by atoms with Crippen LogP contribution < -0.4 is 5.32 Å². The summed E-state index contributed by atoms with van der Waals surface area (Å²) in [6.45, 7) is 29.6. The number of nitrogens with zero attached hydrogens (tertiary/aromatic N) is 2. The number of Topliss-reactive ketones (excluding diaryl/α,β-unsaturated/α-hetero) is 2. The van der Waals surface area contributed by atoms with E-state index in [-0.39, 0.29) is 95.7 Å². The lowest BCUT2D eigenvalue weighted by Crippen LogP contribution is -2.59. The zero-order valence-corrected chi connectivity index (χ0v) is 77.2. The van der Waals surface area contributed by atoms with Crippen molar-refractivity contribution in [2.45, 2.75) is 117 Å². The minimum Gasteiger partial charge on any atom is -0.479 e. The van der Waals surface area contributed by atoms with Crippen LogP contribution in [0, 0.1) is 17.3 Å². The van der Waals surface area contributed by atoms with Gasteiger partial charge < -0.3 is 154 Å². The number of aryl methyl sites for hydroxylation is 1. The average molecular weight is 1860 g/mol. The fourth-order valence-electron chi connectivity index (χ4n) is 11.6. The van der Waals surface area contributed by atoms with Crippen LogP contribution in [0.5, 0.6) is 0 Å². The minimum absolute atomic E-state index is 0.00333. The van der Waals surface area contributed by atoms with Gasteiger partial charge in [0.2, 0.25) is 11.8 Å². The number of carbonyl (C=O) groups is 8. The van der Waals surface area contributed by atoms with E-state index in [9.17, 15) is 58.8 Å². The van der Waals surface area contributed by atoms with Gasteiger partial charge in [0.25, 0.3) is 11.8 Å². The number of aliphatic carboxylic acids is 1. The fourth-order valence-corrected chi connectivity index (χ4v) is 11.6. The molecule has 1 fully saturated rings. The molecule has 1 saturated heterocycles. The number of carboxylic acids is 1. The molecule has 0 aliphatic carbocycles. The maximum Gasteiger partial charge on any atom is 0.335 e. The highest BCUT2D eigenvalue weighted by Crippen LogP contribution is 2.28. The Morgan fingerprint density at radius 1 is 0.442 bits per heavy atom. The summed E-state index contributed by atoms with van der Waals surface area (Å²) in [7, 11) is 1.64. The summed E-state index contributed by atoms with van der Waals surface area (Å²) < 4.78 is 143. The van der Waals surface area contributed by atoms with Crippen LogP contribution in [0.25, 0.3) is 0 Å². The molecule has 129 heavy (non-hydrogen) atoms. The molecule has 1 aromatic carbocycles. The second-order valence-corrected chi connectivity index (χ2v) is 30.6. The fraction of sp³-hybridized carbons (Fsp3) is 0.818. The number of carboxylic acid groups (broad SMARTS) is 1. The lowest BCUT2D eigenvalue weighted by molar-refractivity contribution is -0.228. The van der Waals surface area contributed by atoms with Gasteiger partial charge in [0.05, 0.1) is 328 Å². The molecule has 1 aromatic rings. The first-order valence-corrected chi connectivity index (χ1v) is 44.7. The van der Waals surface area contributed by atoms with E-state index >= 15 is 0 Å². The number of esters is 1. The Kier molecular flexibility index (Phi) is 71.4. The third kappa shape index (κ3) is 60.9. The second-order valence-electron chi connectivity index (χ2n) is 30.6. The normalized spacial score (nSPS) is 16.4. The van der Waals surface area contributed by atoms with E-state index in [1.807, 2.05) is 0 Å². The summed E-state index contributed by atoms with van der Waals surface area (Å²) in [4.78, 5) is 106. The lowest BCUT2D eigenvalue weighted by Gasteiger charge is -2.39. The van der Waals surface area contributed by atoms with Crippen molar-refractivity contribution in [2.24, 2.45) is 17.3 Å². The summed E-state index contributed by atoms with van der Waals surface area (Å²) in [5.74, 6) is -6.43. The molecule has 0 spiro atoms. The van der Waals surface area contributed by atoms with Gasteiger partial charge in [-0.25, -0.2) is 4.79 Å². The molecule has 2 heterocycles. The van der Waals surface area contributed by atoms with Crippen molar-refractivity contribution in [1.82, 2.24) is 15.1 Å². The van der Waals surface area contributed by atoms with E-state index in [1.165, 1.54) is 11.8 Å². The minimum atomic E-state index is -1.87. The molecule has 0 bridgehead atoms. The predicted molar refractivity (Wildman–Crippen MR) is 460 cm³/mol. The third-order valence-corrected chi connectivity index (χ3v) is 19.0. The van der Waals surface area contributed by atoms with Crippen LogP contribution in [0.2, 0.25) is 0 Å². The van der Waals surface area contributed by atoms with Gasteiger partial charge in [-0.15, -0.1) is 0 Å². The van der Waals surface area contributed by atoms with Gasteiger partial charge in [0.15, 0.2) is 11.9 Å². The van der Waals surface area contributed by atoms with E-state index in [0.717, 1.165) is 17.1 Å². The van der Waals surface area contributed by atoms with Gasteiger partial charge >= 0.3 is 11.9 Å². The van der Waals surface area contributed by atoms with Crippen LogP contribution in [0.4, 0.5) is 0 Å². The number of aliphatic hydroxyl groups is 3. The topological polar surface area (TPSA) is 476 Å². The first kappa shape index (κ1) is 117. The molecule has 0 aromatic heterocycles.